The Morgan fingerprint density at radius 3 is 2.39 bits per heavy atom. The molecule has 2 aromatic carbocycles. The van der Waals surface area contributed by atoms with Crippen LogP contribution in [-0.2, 0) is 14.4 Å². The predicted octanol–water partition coefficient (Wildman–Crippen LogP) is 4.64. The SMILES string of the molecule is CCSC1=C(c2ccc(NC(C)=O)cc2)C(=O)N(c2cccc(Cl)c2C)C1=O. The van der Waals surface area contributed by atoms with Gasteiger partial charge in [-0.2, -0.15) is 0 Å². The lowest BCUT2D eigenvalue weighted by atomic mass is 10.1. The molecule has 1 aliphatic heterocycles. The maximum absolute atomic E-state index is 13.2. The zero-order chi connectivity index (χ0) is 20.4. The van der Waals surface area contributed by atoms with Gasteiger partial charge >= 0.3 is 0 Å². The molecule has 0 bridgehead atoms. The average molecular weight is 415 g/mol. The van der Waals surface area contributed by atoms with E-state index in [0.29, 0.717) is 43.8 Å². The first kappa shape index (κ1) is 20.2. The van der Waals surface area contributed by atoms with E-state index in [9.17, 15) is 14.4 Å². The predicted molar refractivity (Wildman–Crippen MR) is 114 cm³/mol. The van der Waals surface area contributed by atoms with Crippen LogP contribution in [0.2, 0.25) is 5.02 Å². The molecule has 0 unspecified atom stereocenters. The highest BCUT2D eigenvalue weighted by atomic mass is 35.5. The number of rotatable bonds is 5. The van der Waals surface area contributed by atoms with Gasteiger partial charge < -0.3 is 5.32 Å². The molecule has 1 aliphatic rings. The molecule has 0 spiro atoms. The highest BCUT2D eigenvalue weighted by molar-refractivity contribution is 8.04. The molecule has 0 fully saturated rings. The quantitative estimate of drug-likeness (QED) is 0.723. The minimum absolute atomic E-state index is 0.177. The molecule has 3 rings (SSSR count). The number of nitrogens with zero attached hydrogens (tertiary/aromatic N) is 1. The van der Waals surface area contributed by atoms with Crippen LogP contribution in [0.4, 0.5) is 11.4 Å². The number of nitrogens with one attached hydrogen (secondary N) is 1. The van der Waals surface area contributed by atoms with E-state index in [-0.39, 0.29) is 17.7 Å². The second-order valence-corrected chi connectivity index (χ2v) is 7.91. The van der Waals surface area contributed by atoms with Crippen molar-refractivity contribution < 1.29 is 14.4 Å². The number of thioether (sulfide) groups is 1. The Morgan fingerprint density at radius 2 is 1.79 bits per heavy atom. The Balaban J connectivity index is 2.05. The smallest absolute Gasteiger partial charge is 0.272 e. The highest BCUT2D eigenvalue weighted by Gasteiger charge is 2.40. The van der Waals surface area contributed by atoms with Gasteiger partial charge in [0.25, 0.3) is 11.8 Å². The number of carbonyl (C=O) groups excluding carboxylic acids is 3. The first-order valence-corrected chi connectivity index (χ1v) is 10.1. The fourth-order valence-electron chi connectivity index (χ4n) is 3.02. The molecule has 1 heterocycles. The summed E-state index contributed by atoms with van der Waals surface area (Å²) < 4.78 is 0. The number of carbonyl (C=O) groups is 3. The van der Waals surface area contributed by atoms with Crippen LogP contribution in [0, 0.1) is 6.92 Å². The van der Waals surface area contributed by atoms with E-state index in [1.165, 1.54) is 23.6 Å². The number of hydrogen-bond acceptors (Lipinski definition) is 4. The molecule has 0 saturated heterocycles. The van der Waals surface area contributed by atoms with Gasteiger partial charge in [0, 0.05) is 17.6 Å². The van der Waals surface area contributed by atoms with Gasteiger partial charge in [0.2, 0.25) is 5.91 Å². The van der Waals surface area contributed by atoms with Crippen molar-refractivity contribution in [1.82, 2.24) is 0 Å². The van der Waals surface area contributed by atoms with Crippen molar-refractivity contribution in [2.24, 2.45) is 0 Å². The van der Waals surface area contributed by atoms with Gasteiger partial charge in [-0.05, 0) is 48.1 Å². The van der Waals surface area contributed by atoms with E-state index in [2.05, 4.69) is 5.32 Å². The summed E-state index contributed by atoms with van der Waals surface area (Å²) in [6, 6.07) is 12.0. The zero-order valence-electron chi connectivity index (χ0n) is 15.7. The third-order valence-electron chi connectivity index (χ3n) is 4.30. The van der Waals surface area contributed by atoms with Gasteiger partial charge in [-0.3, -0.25) is 14.4 Å². The van der Waals surface area contributed by atoms with Crippen LogP contribution < -0.4 is 10.2 Å². The largest absolute Gasteiger partial charge is 0.326 e. The summed E-state index contributed by atoms with van der Waals surface area (Å²) in [7, 11) is 0. The van der Waals surface area contributed by atoms with Crippen LogP contribution in [0.1, 0.15) is 25.0 Å². The maximum atomic E-state index is 13.2. The van der Waals surface area contributed by atoms with Crippen molar-refractivity contribution in [2.75, 3.05) is 16.0 Å². The third-order valence-corrected chi connectivity index (χ3v) is 5.67. The lowest BCUT2D eigenvalue weighted by Gasteiger charge is -2.18. The van der Waals surface area contributed by atoms with Crippen molar-refractivity contribution in [3.63, 3.8) is 0 Å². The fraction of sp³-hybridized carbons (Fsp3) is 0.190. The summed E-state index contributed by atoms with van der Waals surface area (Å²) in [5, 5.41) is 3.19. The van der Waals surface area contributed by atoms with Crippen molar-refractivity contribution in [3.8, 4) is 0 Å². The summed E-state index contributed by atoms with van der Waals surface area (Å²) in [6.45, 7) is 5.14. The molecule has 0 aliphatic carbocycles. The molecule has 28 heavy (non-hydrogen) atoms. The first-order valence-electron chi connectivity index (χ1n) is 8.74. The van der Waals surface area contributed by atoms with Crippen LogP contribution in [-0.4, -0.2) is 23.5 Å². The van der Waals surface area contributed by atoms with Crippen LogP contribution >= 0.6 is 23.4 Å². The molecular weight excluding hydrogens is 396 g/mol. The van der Waals surface area contributed by atoms with E-state index >= 15 is 0 Å². The minimum Gasteiger partial charge on any atom is -0.326 e. The summed E-state index contributed by atoms with van der Waals surface area (Å²) in [5.41, 5.74) is 2.78. The number of imide groups is 1. The number of halogens is 1. The summed E-state index contributed by atoms with van der Waals surface area (Å²) in [6.07, 6.45) is 0. The number of hydrogen-bond donors (Lipinski definition) is 1. The highest BCUT2D eigenvalue weighted by Crippen LogP contribution is 2.40. The zero-order valence-corrected chi connectivity index (χ0v) is 17.3. The standard InChI is InChI=1S/C21H19ClN2O3S/c1-4-28-19-18(14-8-10-15(11-9-14)23-13(3)25)20(26)24(21(19)27)17-7-5-6-16(22)12(17)2/h5-11H,4H2,1-3H3,(H,23,25). The molecule has 0 aromatic heterocycles. The molecular formula is C21H19ClN2O3S. The topological polar surface area (TPSA) is 66.5 Å². The van der Waals surface area contributed by atoms with Crippen LogP contribution in [0.25, 0.3) is 5.57 Å². The Bertz CT molecular complexity index is 999. The van der Waals surface area contributed by atoms with E-state index in [4.69, 9.17) is 11.6 Å². The van der Waals surface area contributed by atoms with E-state index in [0.717, 1.165) is 0 Å². The van der Waals surface area contributed by atoms with E-state index in [1.54, 1.807) is 49.4 Å². The molecule has 144 valence electrons. The lowest BCUT2D eigenvalue weighted by Crippen LogP contribution is -2.32. The van der Waals surface area contributed by atoms with Gasteiger partial charge in [-0.1, -0.05) is 36.7 Å². The Morgan fingerprint density at radius 1 is 1.11 bits per heavy atom. The second kappa shape index (κ2) is 8.20. The molecule has 2 aromatic rings. The number of benzene rings is 2. The summed E-state index contributed by atoms with van der Waals surface area (Å²) >= 11 is 7.54. The second-order valence-electron chi connectivity index (χ2n) is 6.23. The molecule has 3 amide bonds. The van der Waals surface area contributed by atoms with Crippen molar-refractivity contribution in [1.29, 1.82) is 0 Å². The molecule has 0 radical (unpaired) electrons. The van der Waals surface area contributed by atoms with E-state index in [1.807, 2.05) is 6.92 Å². The molecule has 5 nitrogen and oxygen atoms in total. The minimum atomic E-state index is -0.376. The van der Waals surface area contributed by atoms with Crippen LogP contribution in [0.3, 0.4) is 0 Å². The molecule has 7 heteroatoms. The number of anilines is 2. The first-order chi connectivity index (χ1) is 13.3. The third kappa shape index (κ3) is 3.70. The Labute approximate surface area is 172 Å². The lowest BCUT2D eigenvalue weighted by molar-refractivity contribution is -0.120. The van der Waals surface area contributed by atoms with Crippen molar-refractivity contribution in [2.45, 2.75) is 20.8 Å². The fourth-order valence-corrected chi connectivity index (χ4v) is 4.05. The van der Waals surface area contributed by atoms with Crippen molar-refractivity contribution >= 4 is 58.0 Å². The average Bonchev–Trinajstić information content (AvgIpc) is 2.89. The maximum Gasteiger partial charge on any atom is 0.272 e. The monoisotopic (exact) mass is 414 g/mol. The molecule has 0 saturated carbocycles. The van der Waals surface area contributed by atoms with Gasteiger partial charge in [-0.15, -0.1) is 11.8 Å². The van der Waals surface area contributed by atoms with E-state index < -0.39 is 0 Å². The number of amides is 3. The van der Waals surface area contributed by atoms with Gasteiger partial charge in [0.05, 0.1) is 16.2 Å². The van der Waals surface area contributed by atoms with Crippen LogP contribution in [0.5, 0.6) is 0 Å². The normalized spacial score (nSPS) is 14.1. The van der Waals surface area contributed by atoms with Gasteiger partial charge in [0.15, 0.2) is 0 Å². The van der Waals surface area contributed by atoms with Crippen LogP contribution in [0.15, 0.2) is 47.4 Å². The van der Waals surface area contributed by atoms with Crippen molar-refractivity contribution in [3.05, 3.63) is 63.5 Å². The van der Waals surface area contributed by atoms with Gasteiger partial charge in [-0.25, -0.2) is 4.90 Å². The molecule has 1 N–H and O–H groups in total. The summed E-state index contributed by atoms with van der Waals surface area (Å²) in [4.78, 5) is 39.2. The molecule has 0 atom stereocenters. The Kier molecular flexibility index (Phi) is 5.91. The Hall–Kier alpha value is -2.57. The summed E-state index contributed by atoms with van der Waals surface area (Å²) in [5.74, 6) is -0.241. The van der Waals surface area contributed by atoms with Gasteiger partial charge in [0.1, 0.15) is 0 Å².